The number of carbonyl (C=O) groups is 1. The normalized spacial score (nSPS) is 14.6. The quantitative estimate of drug-likeness (QED) is 0.415. The van der Waals surface area contributed by atoms with E-state index in [1.165, 1.54) is 5.56 Å². The maximum atomic E-state index is 12.6. The van der Waals surface area contributed by atoms with Gasteiger partial charge in [0.15, 0.2) is 0 Å². The molecule has 0 unspecified atom stereocenters. The van der Waals surface area contributed by atoms with Crippen molar-refractivity contribution in [2.45, 2.75) is 39.2 Å². The monoisotopic (exact) mass is 478 g/mol. The molecule has 1 N–H and O–H groups in total. The fourth-order valence-corrected chi connectivity index (χ4v) is 4.29. The minimum atomic E-state index is 0.0641. The first-order chi connectivity index (χ1) is 17.1. The molecule has 1 aliphatic rings. The lowest BCUT2D eigenvalue weighted by molar-refractivity contribution is -0.126. The third-order valence-corrected chi connectivity index (χ3v) is 6.31. The molecule has 0 aliphatic carbocycles. The predicted octanol–water partition coefficient (Wildman–Crippen LogP) is 4.10. The Morgan fingerprint density at radius 1 is 1.09 bits per heavy atom. The van der Waals surface area contributed by atoms with Crippen LogP contribution >= 0.6 is 0 Å². The molecule has 8 heteroatoms. The number of benzene rings is 2. The molecule has 0 bridgehead atoms. The lowest BCUT2D eigenvalue weighted by Gasteiger charge is -2.30. The van der Waals surface area contributed by atoms with Gasteiger partial charge < -0.3 is 19.3 Å². The van der Waals surface area contributed by atoms with Gasteiger partial charge in [0.05, 0.1) is 20.3 Å². The number of hydrogen-bond donors (Lipinski definition) is 1. The molecule has 186 valence electrons. The van der Waals surface area contributed by atoms with Gasteiger partial charge in [-0.1, -0.05) is 17.3 Å². The zero-order chi connectivity index (χ0) is 24.5. The molecule has 1 amide bonds. The van der Waals surface area contributed by atoms with E-state index in [0.29, 0.717) is 31.4 Å². The van der Waals surface area contributed by atoms with Crippen LogP contribution in [0.5, 0.6) is 11.5 Å². The number of hydrogen-bond acceptors (Lipinski definition) is 7. The van der Waals surface area contributed by atoms with Gasteiger partial charge >= 0.3 is 0 Å². The molecule has 1 fully saturated rings. The summed E-state index contributed by atoms with van der Waals surface area (Å²) in [5, 5.41) is 7.22. The summed E-state index contributed by atoms with van der Waals surface area (Å²) in [7, 11) is 1.64. The number of amides is 1. The highest BCUT2D eigenvalue weighted by molar-refractivity contribution is 5.78. The van der Waals surface area contributed by atoms with Crippen molar-refractivity contribution < 1.29 is 18.8 Å². The average molecular weight is 479 g/mol. The summed E-state index contributed by atoms with van der Waals surface area (Å²) in [6.45, 7) is 5.62. The second-order valence-electron chi connectivity index (χ2n) is 8.76. The Morgan fingerprint density at radius 2 is 1.80 bits per heavy atom. The molecule has 3 aromatic rings. The van der Waals surface area contributed by atoms with Gasteiger partial charge in [0.2, 0.25) is 17.6 Å². The first kappa shape index (κ1) is 24.7. The van der Waals surface area contributed by atoms with E-state index in [9.17, 15) is 4.79 Å². The third-order valence-electron chi connectivity index (χ3n) is 6.31. The Bertz CT molecular complexity index is 1060. The highest BCUT2D eigenvalue weighted by Gasteiger charge is 2.25. The molecule has 1 saturated heterocycles. The van der Waals surface area contributed by atoms with Gasteiger partial charge in [0.25, 0.3) is 0 Å². The van der Waals surface area contributed by atoms with Crippen LogP contribution in [0.15, 0.2) is 53.1 Å². The van der Waals surface area contributed by atoms with Crippen LogP contribution in [-0.4, -0.2) is 54.3 Å². The molecule has 0 radical (unpaired) electrons. The van der Waals surface area contributed by atoms with Crippen LogP contribution in [0.25, 0.3) is 11.4 Å². The Morgan fingerprint density at radius 3 is 2.49 bits per heavy atom. The number of aryl methyl sites for hydroxylation is 1. The van der Waals surface area contributed by atoms with Crippen LogP contribution < -0.4 is 14.8 Å². The highest BCUT2D eigenvalue weighted by atomic mass is 16.5. The molecular formula is C27H34N4O4. The number of rotatable bonds is 11. The smallest absolute Gasteiger partial charge is 0.241 e. The maximum Gasteiger partial charge on any atom is 0.241 e. The molecular weight excluding hydrogens is 444 g/mol. The maximum absolute atomic E-state index is 12.6. The minimum Gasteiger partial charge on any atom is -0.497 e. The van der Waals surface area contributed by atoms with Crippen LogP contribution in [0.4, 0.5) is 0 Å². The summed E-state index contributed by atoms with van der Waals surface area (Å²) in [5.74, 6) is 3.07. The van der Waals surface area contributed by atoms with Crippen LogP contribution in [0.1, 0.15) is 37.6 Å². The summed E-state index contributed by atoms with van der Waals surface area (Å²) in [6, 6.07) is 15.8. The Hall–Kier alpha value is -3.39. The first-order valence-corrected chi connectivity index (χ1v) is 12.3. The fraction of sp³-hybridized carbons (Fsp3) is 0.444. The van der Waals surface area contributed by atoms with Crippen LogP contribution in [0.2, 0.25) is 0 Å². The van der Waals surface area contributed by atoms with Crippen molar-refractivity contribution in [3.05, 3.63) is 60.0 Å². The second kappa shape index (κ2) is 12.4. The fourth-order valence-electron chi connectivity index (χ4n) is 4.29. The molecule has 0 atom stereocenters. The van der Waals surface area contributed by atoms with Crippen LogP contribution in [-0.2, 0) is 17.8 Å². The average Bonchev–Trinajstić information content (AvgIpc) is 3.36. The number of piperidine rings is 1. The van der Waals surface area contributed by atoms with E-state index in [0.717, 1.165) is 55.8 Å². The number of likely N-dealkylation sites (tertiary alicyclic amines) is 1. The third kappa shape index (κ3) is 7.05. The molecule has 1 aliphatic heterocycles. The molecule has 4 rings (SSSR count). The number of aromatic nitrogens is 2. The number of methoxy groups -OCH3 is 1. The van der Waals surface area contributed by atoms with Gasteiger partial charge in [-0.3, -0.25) is 9.69 Å². The molecule has 35 heavy (non-hydrogen) atoms. The predicted molar refractivity (Wildman–Crippen MR) is 133 cm³/mol. The Kier molecular flexibility index (Phi) is 8.73. The van der Waals surface area contributed by atoms with Gasteiger partial charge in [0, 0.05) is 18.0 Å². The number of nitrogens with one attached hydrogen (secondary N) is 1. The standard InChI is InChI=1S/C27H34N4O4/c1-3-34-24-10-6-20(7-11-24)5-4-16-28-27(32)22-14-17-31(18-15-22)19-25-29-26(30-35-25)21-8-12-23(33-2)13-9-21/h6-13,22H,3-5,14-19H2,1-2H3,(H,28,32). The van der Waals surface area contributed by atoms with Gasteiger partial charge in [-0.2, -0.15) is 4.98 Å². The van der Waals surface area contributed by atoms with E-state index in [1.807, 2.05) is 43.3 Å². The van der Waals surface area contributed by atoms with Crippen molar-refractivity contribution in [3.63, 3.8) is 0 Å². The van der Waals surface area contributed by atoms with E-state index in [2.05, 4.69) is 32.5 Å². The lowest BCUT2D eigenvalue weighted by Crippen LogP contribution is -2.40. The minimum absolute atomic E-state index is 0.0641. The van der Waals surface area contributed by atoms with Crippen LogP contribution in [0, 0.1) is 5.92 Å². The Balaban J connectivity index is 1.15. The zero-order valence-corrected chi connectivity index (χ0v) is 20.5. The number of carbonyl (C=O) groups excluding carboxylic acids is 1. The SMILES string of the molecule is CCOc1ccc(CCCNC(=O)C2CCN(Cc3nc(-c4ccc(OC)cc4)no3)CC2)cc1. The van der Waals surface area contributed by atoms with E-state index < -0.39 is 0 Å². The topological polar surface area (TPSA) is 89.7 Å². The number of ether oxygens (including phenoxy) is 2. The van der Waals surface area contributed by atoms with Crippen molar-refractivity contribution >= 4 is 5.91 Å². The van der Waals surface area contributed by atoms with E-state index in [-0.39, 0.29) is 11.8 Å². The summed E-state index contributed by atoms with van der Waals surface area (Å²) in [6.07, 6.45) is 3.54. The summed E-state index contributed by atoms with van der Waals surface area (Å²) >= 11 is 0. The van der Waals surface area contributed by atoms with E-state index >= 15 is 0 Å². The van der Waals surface area contributed by atoms with Gasteiger partial charge in [0.1, 0.15) is 11.5 Å². The van der Waals surface area contributed by atoms with Crippen LogP contribution in [0.3, 0.4) is 0 Å². The molecule has 2 aromatic carbocycles. The molecule has 2 heterocycles. The zero-order valence-electron chi connectivity index (χ0n) is 20.5. The highest BCUT2D eigenvalue weighted by Crippen LogP contribution is 2.22. The Labute approximate surface area is 206 Å². The van der Waals surface area contributed by atoms with Gasteiger partial charge in [-0.05, 0) is 87.7 Å². The van der Waals surface area contributed by atoms with Gasteiger partial charge in [-0.25, -0.2) is 0 Å². The largest absolute Gasteiger partial charge is 0.497 e. The lowest BCUT2D eigenvalue weighted by atomic mass is 9.96. The molecule has 1 aromatic heterocycles. The van der Waals surface area contributed by atoms with Crippen molar-refractivity contribution in [1.29, 1.82) is 0 Å². The van der Waals surface area contributed by atoms with Crippen molar-refractivity contribution in [1.82, 2.24) is 20.4 Å². The second-order valence-corrected chi connectivity index (χ2v) is 8.76. The molecule has 0 spiro atoms. The number of nitrogens with zero attached hydrogens (tertiary/aromatic N) is 3. The molecule has 0 saturated carbocycles. The van der Waals surface area contributed by atoms with Crippen molar-refractivity contribution in [2.24, 2.45) is 5.92 Å². The van der Waals surface area contributed by atoms with Crippen molar-refractivity contribution in [3.8, 4) is 22.9 Å². The first-order valence-electron chi connectivity index (χ1n) is 12.3. The van der Waals surface area contributed by atoms with E-state index in [1.54, 1.807) is 7.11 Å². The summed E-state index contributed by atoms with van der Waals surface area (Å²) in [4.78, 5) is 19.4. The summed E-state index contributed by atoms with van der Waals surface area (Å²) in [5.41, 5.74) is 2.14. The summed E-state index contributed by atoms with van der Waals surface area (Å²) < 4.78 is 16.1. The van der Waals surface area contributed by atoms with Gasteiger partial charge in [-0.15, -0.1) is 0 Å². The molecule has 8 nitrogen and oxygen atoms in total. The van der Waals surface area contributed by atoms with Crippen molar-refractivity contribution in [2.75, 3.05) is 33.4 Å². The van der Waals surface area contributed by atoms with E-state index in [4.69, 9.17) is 14.0 Å².